The topological polar surface area (TPSA) is 38.7 Å². The van der Waals surface area contributed by atoms with E-state index in [0.29, 0.717) is 32.2 Å². The van der Waals surface area contributed by atoms with Crippen LogP contribution in [0.15, 0.2) is 24.3 Å². The second-order valence-corrected chi connectivity index (χ2v) is 6.47. The zero-order chi connectivity index (χ0) is 14.7. The lowest BCUT2D eigenvalue weighted by Crippen LogP contribution is -2.02. The number of rotatable bonds is 5. The van der Waals surface area contributed by atoms with E-state index in [1.807, 2.05) is 18.2 Å². The van der Waals surface area contributed by atoms with Crippen LogP contribution in [0, 0.1) is 0 Å². The number of ether oxygens (including phenoxy) is 2. The average Bonchev–Trinajstić information content (AvgIpc) is 2.77. The van der Waals surface area contributed by atoms with Crippen molar-refractivity contribution in [2.45, 2.75) is 12.5 Å². The van der Waals surface area contributed by atoms with E-state index in [9.17, 15) is 5.11 Å². The molecule has 20 heavy (non-hydrogen) atoms. The first-order valence-electron chi connectivity index (χ1n) is 5.89. The summed E-state index contributed by atoms with van der Waals surface area (Å²) >= 11 is 13.2. The SMILES string of the molecule is COc1ccc(CC(O)c2cc(Cl)sc2Cl)cc1OC. The largest absolute Gasteiger partial charge is 0.493 e. The molecule has 3 nitrogen and oxygen atoms in total. The highest BCUT2D eigenvalue weighted by molar-refractivity contribution is 7.20. The van der Waals surface area contributed by atoms with Gasteiger partial charge in [-0.1, -0.05) is 29.3 Å². The summed E-state index contributed by atoms with van der Waals surface area (Å²) in [5, 5.41) is 10.2. The summed E-state index contributed by atoms with van der Waals surface area (Å²) in [6.45, 7) is 0. The normalized spacial score (nSPS) is 12.2. The van der Waals surface area contributed by atoms with Crippen molar-refractivity contribution < 1.29 is 14.6 Å². The van der Waals surface area contributed by atoms with Gasteiger partial charge in [0.2, 0.25) is 0 Å². The second-order valence-electron chi connectivity index (χ2n) is 4.19. The Morgan fingerprint density at radius 2 is 1.85 bits per heavy atom. The van der Waals surface area contributed by atoms with Gasteiger partial charge in [0.05, 0.1) is 24.7 Å². The third-order valence-corrected chi connectivity index (χ3v) is 4.44. The van der Waals surface area contributed by atoms with Gasteiger partial charge in [0.1, 0.15) is 4.34 Å². The Labute approximate surface area is 131 Å². The standard InChI is InChI=1S/C14H14Cl2O3S/c1-18-11-4-3-8(6-12(11)19-2)5-10(17)9-7-13(15)20-14(9)16/h3-4,6-7,10,17H,5H2,1-2H3. The van der Waals surface area contributed by atoms with Crippen LogP contribution in [0.4, 0.5) is 0 Å². The summed E-state index contributed by atoms with van der Waals surface area (Å²) < 4.78 is 11.5. The van der Waals surface area contributed by atoms with E-state index in [1.54, 1.807) is 20.3 Å². The first-order valence-corrected chi connectivity index (χ1v) is 7.46. The number of halogens is 2. The maximum atomic E-state index is 10.2. The summed E-state index contributed by atoms with van der Waals surface area (Å²) in [5.74, 6) is 1.29. The van der Waals surface area contributed by atoms with Crippen LogP contribution < -0.4 is 9.47 Å². The van der Waals surface area contributed by atoms with Crippen molar-refractivity contribution in [3.05, 3.63) is 44.1 Å². The van der Waals surface area contributed by atoms with E-state index >= 15 is 0 Å². The second kappa shape index (κ2) is 6.68. The Hall–Kier alpha value is -0.940. The highest BCUT2D eigenvalue weighted by Crippen LogP contribution is 2.37. The van der Waals surface area contributed by atoms with Crippen LogP contribution in [-0.2, 0) is 6.42 Å². The minimum absolute atomic E-state index is 0.424. The Morgan fingerprint density at radius 3 is 2.40 bits per heavy atom. The summed E-state index contributed by atoms with van der Waals surface area (Å²) in [6, 6.07) is 7.22. The Morgan fingerprint density at radius 1 is 1.15 bits per heavy atom. The van der Waals surface area contributed by atoms with Crippen molar-refractivity contribution >= 4 is 34.5 Å². The summed E-state index contributed by atoms with van der Waals surface area (Å²) in [7, 11) is 3.16. The zero-order valence-electron chi connectivity index (χ0n) is 11.0. The number of aliphatic hydroxyl groups excluding tert-OH is 1. The van der Waals surface area contributed by atoms with Crippen LogP contribution in [0.25, 0.3) is 0 Å². The van der Waals surface area contributed by atoms with Crippen molar-refractivity contribution in [2.75, 3.05) is 14.2 Å². The molecular formula is C14H14Cl2O3S. The van der Waals surface area contributed by atoms with Crippen molar-refractivity contribution in [2.24, 2.45) is 0 Å². The van der Waals surface area contributed by atoms with Gasteiger partial charge in [-0.05, 0) is 23.8 Å². The van der Waals surface area contributed by atoms with Gasteiger partial charge >= 0.3 is 0 Å². The van der Waals surface area contributed by atoms with Crippen molar-refractivity contribution in [1.82, 2.24) is 0 Å². The van der Waals surface area contributed by atoms with Gasteiger partial charge in [-0.2, -0.15) is 0 Å². The Balaban J connectivity index is 2.19. The number of hydrogen-bond donors (Lipinski definition) is 1. The minimum atomic E-state index is -0.704. The number of methoxy groups -OCH3 is 2. The molecule has 2 aromatic rings. The predicted molar refractivity (Wildman–Crippen MR) is 82.5 cm³/mol. The van der Waals surface area contributed by atoms with Crippen LogP contribution in [0.5, 0.6) is 11.5 Å². The van der Waals surface area contributed by atoms with Crippen molar-refractivity contribution in [1.29, 1.82) is 0 Å². The molecule has 0 amide bonds. The van der Waals surface area contributed by atoms with Crippen LogP contribution in [0.1, 0.15) is 17.2 Å². The Bertz CT molecular complexity index is 598. The molecule has 0 aliphatic carbocycles. The molecule has 1 atom stereocenters. The first kappa shape index (κ1) is 15.4. The van der Waals surface area contributed by atoms with Crippen LogP contribution in [-0.4, -0.2) is 19.3 Å². The molecule has 0 saturated carbocycles. The first-order chi connectivity index (χ1) is 9.55. The minimum Gasteiger partial charge on any atom is -0.493 e. The van der Waals surface area contributed by atoms with E-state index in [4.69, 9.17) is 32.7 Å². The van der Waals surface area contributed by atoms with Gasteiger partial charge in [-0.3, -0.25) is 0 Å². The molecule has 1 aromatic carbocycles. The number of aliphatic hydroxyl groups is 1. The lowest BCUT2D eigenvalue weighted by atomic mass is 10.0. The molecule has 0 radical (unpaired) electrons. The van der Waals surface area contributed by atoms with Crippen molar-refractivity contribution in [3.63, 3.8) is 0 Å². The number of hydrogen-bond acceptors (Lipinski definition) is 4. The third-order valence-electron chi connectivity index (χ3n) is 2.92. The van der Waals surface area contributed by atoms with E-state index < -0.39 is 6.10 Å². The van der Waals surface area contributed by atoms with Crippen LogP contribution in [0.3, 0.4) is 0 Å². The van der Waals surface area contributed by atoms with E-state index in [-0.39, 0.29) is 0 Å². The molecule has 0 saturated heterocycles. The molecule has 108 valence electrons. The fourth-order valence-electron chi connectivity index (χ4n) is 1.92. The van der Waals surface area contributed by atoms with Gasteiger partial charge in [-0.15, -0.1) is 11.3 Å². The molecule has 0 bridgehead atoms. The van der Waals surface area contributed by atoms with Gasteiger partial charge in [0, 0.05) is 12.0 Å². The molecule has 0 spiro atoms. The quantitative estimate of drug-likeness (QED) is 0.884. The highest BCUT2D eigenvalue weighted by Gasteiger charge is 2.16. The van der Waals surface area contributed by atoms with E-state index in [0.717, 1.165) is 5.56 Å². The van der Waals surface area contributed by atoms with Gasteiger partial charge in [-0.25, -0.2) is 0 Å². The molecule has 0 aliphatic heterocycles. The van der Waals surface area contributed by atoms with Crippen LogP contribution >= 0.6 is 34.5 Å². The Kier molecular flexibility index (Phi) is 5.16. The van der Waals surface area contributed by atoms with Crippen molar-refractivity contribution in [3.8, 4) is 11.5 Å². The smallest absolute Gasteiger partial charge is 0.160 e. The lowest BCUT2D eigenvalue weighted by molar-refractivity contribution is 0.179. The number of benzene rings is 1. The summed E-state index contributed by atoms with van der Waals surface area (Å²) in [5.41, 5.74) is 1.57. The maximum absolute atomic E-state index is 10.2. The van der Waals surface area contributed by atoms with Gasteiger partial charge < -0.3 is 14.6 Å². The molecule has 6 heteroatoms. The maximum Gasteiger partial charge on any atom is 0.160 e. The summed E-state index contributed by atoms with van der Waals surface area (Å²) in [4.78, 5) is 0. The molecule has 0 aliphatic rings. The van der Waals surface area contributed by atoms with Crippen LogP contribution in [0.2, 0.25) is 8.67 Å². The predicted octanol–water partition coefficient (Wildman–Crippen LogP) is 4.35. The van der Waals surface area contributed by atoms with E-state index in [2.05, 4.69) is 0 Å². The molecule has 1 heterocycles. The number of thiophene rings is 1. The van der Waals surface area contributed by atoms with E-state index in [1.165, 1.54) is 11.3 Å². The fraction of sp³-hybridized carbons (Fsp3) is 0.286. The highest BCUT2D eigenvalue weighted by atomic mass is 35.5. The molecule has 1 N–H and O–H groups in total. The average molecular weight is 333 g/mol. The third kappa shape index (κ3) is 3.38. The zero-order valence-corrected chi connectivity index (χ0v) is 13.4. The summed E-state index contributed by atoms with van der Waals surface area (Å²) in [6.07, 6.45) is -0.281. The van der Waals surface area contributed by atoms with Gasteiger partial charge in [0.15, 0.2) is 11.5 Å². The van der Waals surface area contributed by atoms with Gasteiger partial charge in [0.25, 0.3) is 0 Å². The monoisotopic (exact) mass is 332 g/mol. The molecule has 1 unspecified atom stereocenters. The molecule has 0 fully saturated rings. The fourth-order valence-corrected chi connectivity index (χ4v) is 3.49. The molecule has 2 rings (SSSR count). The molecular weight excluding hydrogens is 319 g/mol. The lowest BCUT2D eigenvalue weighted by Gasteiger charge is -2.12. The molecule has 1 aromatic heterocycles.